The molecule has 3 nitrogen and oxygen atoms in total. The number of rotatable bonds is 7. The molecule has 0 atom stereocenters. The van der Waals surface area contributed by atoms with Gasteiger partial charge in [0.25, 0.3) is 0 Å². The van der Waals surface area contributed by atoms with E-state index in [1.807, 2.05) is 6.07 Å². The van der Waals surface area contributed by atoms with E-state index in [2.05, 4.69) is 10.1 Å². The Morgan fingerprint density at radius 2 is 2.10 bits per heavy atom. The molecule has 0 bridgehead atoms. The molecule has 20 heavy (non-hydrogen) atoms. The summed E-state index contributed by atoms with van der Waals surface area (Å²) in [6.07, 6.45) is -2.84. The number of benzene rings is 1. The topological polar surface area (TPSA) is 38.3 Å². The van der Waals surface area contributed by atoms with Crippen molar-refractivity contribution in [2.75, 3.05) is 24.4 Å². The summed E-state index contributed by atoms with van der Waals surface area (Å²) in [6.45, 7) is -2.07. The van der Waals surface area contributed by atoms with Gasteiger partial charge in [0.2, 0.25) is 5.91 Å². The van der Waals surface area contributed by atoms with Crippen LogP contribution in [0.2, 0.25) is 0 Å². The van der Waals surface area contributed by atoms with Crippen molar-refractivity contribution in [3.63, 3.8) is 0 Å². The second-order valence-electron chi connectivity index (χ2n) is 4.15. The second kappa shape index (κ2) is 8.11. The van der Waals surface area contributed by atoms with E-state index in [1.165, 1.54) is 0 Å². The molecule has 7 heteroatoms. The van der Waals surface area contributed by atoms with Crippen molar-refractivity contribution in [3.8, 4) is 0 Å². The molecule has 0 aliphatic heterocycles. The lowest BCUT2D eigenvalue weighted by molar-refractivity contribution is -0.174. The number of hydrogen-bond acceptors (Lipinski definition) is 2. The van der Waals surface area contributed by atoms with Gasteiger partial charge in [-0.05, 0) is 30.5 Å². The fraction of sp³-hybridized carbons (Fsp3) is 0.462. The van der Waals surface area contributed by atoms with Gasteiger partial charge in [0, 0.05) is 11.6 Å². The number of halogens is 4. The summed E-state index contributed by atoms with van der Waals surface area (Å²) in [5.41, 5.74) is 1.53. The standard InChI is InChI=1S/C13H15ClF3NO2/c14-6-2-4-10-3-1-5-11(7-10)18-12(19)8-20-9-13(15,16)17/h1,3,5,7H,2,4,6,8-9H2,(H,18,19). The molecule has 1 aromatic carbocycles. The molecule has 0 radical (unpaired) electrons. The summed E-state index contributed by atoms with van der Waals surface area (Å²) in [5, 5.41) is 2.48. The van der Waals surface area contributed by atoms with E-state index >= 15 is 0 Å². The molecule has 0 saturated heterocycles. The lowest BCUT2D eigenvalue weighted by Crippen LogP contribution is -2.24. The molecule has 0 aromatic heterocycles. The van der Waals surface area contributed by atoms with Gasteiger partial charge in [-0.1, -0.05) is 12.1 Å². The minimum atomic E-state index is -4.43. The quantitative estimate of drug-likeness (QED) is 0.784. The summed E-state index contributed by atoms with van der Waals surface area (Å²) >= 11 is 5.59. The van der Waals surface area contributed by atoms with Crippen LogP contribution in [0.5, 0.6) is 0 Å². The second-order valence-corrected chi connectivity index (χ2v) is 4.53. The molecule has 1 rings (SSSR count). The number of alkyl halides is 4. The minimum absolute atomic E-state index is 0.526. The number of hydrogen-bond donors (Lipinski definition) is 1. The van der Waals surface area contributed by atoms with Crippen LogP contribution < -0.4 is 5.32 Å². The van der Waals surface area contributed by atoms with Crippen molar-refractivity contribution in [1.29, 1.82) is 0 Å². The van der Waals surface area contributed by atoms with E-state index in [-0.39, 0.29) is 0 Å². The van der Waals surface area contributed by atoms with E-state index in [0.717, 1.165) is 18.4 Å². The van der Waals surface area contributed by atoms with Crippen molar-refractivity contribution in [2.45, 2.75) is 19.0 Å². The summed E-state index contributed by atoms with van der Waals surface area (Å²) < 4.78 is 39.8. The van der Waals surface area contributed by atoms with Crippen LogP contribution in [0.3, 0.4) is 0 Å². The third-order valence-electron chi connectivity index (χ3n) is 2.31. The fourth-order valence-corrected chi connectivity index (χ4v) is 1.67. The first kappa shape index (κ1) is 16.8. The van der Waals surface area contributed by atoms with Crippen LogP contribution in [0, 0.1) is 0 Å². The summed E-state index contributed by atoms with van der Waals surface area (Å²) in [4.78, 5) is 11.4. The summed E-state index contributed by atoms with van der Waals surface area (Å²) in [5.74, 6) is -0.0780. The number of carbonyl (C=O) groups excluding carboxylic acids is 1. The Morgan fingerprint density at radius 3 is 2.75 bits per heavy atom. The van der Waals surface area contributed by atoms with Crippen LogP contribution in [0.1, 0.15) is 12.0 Å². The SMILES string of the molecule is O=C(COCC(F)(F)F)Nc1cccc(CCCCl)c1. The molecule has 1 aromatic rings. The third-order valence-corrected chi connectivity index (χ3v) is 2.58. The van der Waals surface area contributed by atoms with Gasteiger partial charge < -0.3 is 10.1 Å². The highest BCUT2D eigenvalue weighted by Gasteiger charge is 2.27. The average molecular weight is 310 g/mol. The third kappa shape index (κ3) is 7.35. The number of aryl methyl sites for hydroxylation is 1. The van der Waals surface area contributed by atoms with Gasteiger partial charge in [0.1, 0.15) is 13.2 Å². The van der Waals surface area contributed by atoms with Crippen molar-refractivity contribution >= 4 is 23.2 Å². The average Bonchev–Trinajstić information content (AvgIpc) is 2.35. The largest absolute Gasteiger partial charge is 0.411 e. The molecule has 0 aliphatic rings. The molecule has 1 N–H and O–H groups in total. The van der Waals surface area contributed by atoms with Crippen LogP contribution in [-0.2, 0) is 16.0 Å². The van der Waals surface area contributed by atoms with Crippen LogP contribution in [0.4, 0.5) is 18.9 Å². The number of nitrogens with one attached hydrogen (secondary N) is 1. The molecule has 0 unspecified atom stereocenters. The highest BCUT2D eigenvalue weighted by Crippen LogP contribution is 2.15. The molecule has 0 fully saturated rings. The first-order valence-corrected chi connectivity index (χ1v) is 6.53. The lowest BCUT2D eigenvalue weighted by atomic mass is 10.1. The Kier molecular flexibility index (Phi) is 6.81. The molecule has 112 valence electrons. The smallest absolute Gasteiger partial charge is 0.362 e. The van der Waals surface area contributed by atoms with Crippen LogP contribution in [0.25, 0.3) is 0 Å². The first-order valence-electron chi connectivity index (χ1n) is 6.00. The fourth-order valence-electron chi connectivity index (χ4n) is 1.53. The molecular weight excluding hydrogens is 295 g/mol. The van der Waals surface area contributed by atoms with Crippen LogP contribution >= 0.6 is 11.6 Å². The van der Waals surface area contributed by atoms with E-state index in [1.54, 1.807) is 18.2 Å². The van der Waals surface area contributed by atoms with E-state index in [4.69, 9.17) is 11.6 Å². The van der Waals surface area contributed by atoms with E-state index in [9.17, 15) is 18.0 Å². The predicted molar refractivity (Wildman–Crippen MR) is 71.0 cm³/mol. The van der Waals surface area contributed by atoms with Gasteiger partial charge in [-0.3, -0.25) is 4.79 Å². The highest BCUT2D eigenvalue weighted by atomic mass is 35.5. The molecule has 0 spiro atoms. The van der Waals surface area contributed by atoms with Crippen molar-refractivity contribution < 1.29 is 22.7 Å². The normalized spacial score (nSPS) is 11.4. The maximum atomic E-state index is 11.8. The van der Waals surface area contributed by atoms with Gasteiger partial charge in [-0.15, -0.1) is 11.6 Å². The van der Waals surface area contributed by atoms with Gasteiger partial charge >= 0.3 is 6.18 Å². The molecule has 0 heterocycles. The molecule has 1 amide bonds. The van der Waals surface area contributed by atoms with Gasteiger partial charge in [-0.25, -0.2) is 0 Å². The molecule has 0 saturated carbocycles. The van der Waals surface area contributed by atoms with E-state index in [0.29, 0.717) is 11.6 Å². The minimum Gasteiger partial charge on any atom is -0.362 e. The van der Waals surface area contributed by atoms with Crippen molar-refractivity contribution in [3.05, 3.63) is 29.8 Å². The zero-order chi connectivity index (χ0) is 15.0. The summed E-state index contributed by atoms with van der Waals surface area (Å²) in [7, 11) is 0. The molecular formula is C13H15ClF3NO2. The zero-order valence-electron chi connectivity index (χ0n) is 10.7. The maximum Gasteiger partial charge on any atom is 0.411 e. The zero-order valence-corrected chi connectivity index (χ0v) is 11.4. The monoisotopic (exact) mass is 309 g/mol. The highest BCUT2D eigenvalue weighted by molar-refractivity contribution is 6.17. The Balaban J connectivity index is 2.41. The van der Waals surface area contributed by atoms with E-state index < -0.39 is 25.3 Å². The Morgan fingerprint density at radius 1 is 1.35 bits per heavy atom. The van der Waals surface area contributed by atoms with Gasteiger partial charge in [0.15, 0.2) is 0 Å². The van der Waals surface area contributed by atoms with Crippen LogP contribution in [0.15, 0.2) is 24.3 Å². The van der Waals surface area contributed by atoms with Crippen molar-refractivity contribution in [1.82, 2.24) is 0 Å². The number of amides is 1. The lowest BCUT2D eigenvalue weighted by Gasteiger charge is -2.09. The molecule has 0 aliphatic carbocycles. The summed E-state index contributed by atoms with van der Waals surface area (Å²) in [6, 6.07) is 7.07. The van der Waals surface area contributed by atoms with Gasteiger partial charge in [0.05, 0.1) is 0 Å². The van der Waals surface area contributed by atoms with Crippen molar-refractivity contribution in [2.24, 2.45) is 0 Å². The van der Waals surface area contributed by atoms with Gasteiger partial charge in [-0.2, -0.15) is 13.2 Å². The maximum absolute atomic E-state index is 11.8. The first-order chi connectivity index (χ1) is 9.40. The number of ether oxygens (including phenoxy) is 1. The Hall–Kier alpha value is -1.27. The Bertz CT molecular complexity index is 438. The predicted octanol–water partition coefficient (Wildman–Crippen LogP) is 3.38. The number of anilines is 1. The van der Waals surface area contributed by atoms with Crippen LogP contribution in [-0.4, -0.2) is 31.2 Å². The Labute approximate surface area is 120 Å². The number of carbonyl (C=O) groups is 1.